The number of hydrogen-bond donors (Lipinski definition) is 0. The Morgan fingerprint density at radius 2 is 0.855 bits per heavy atom. The summed E-state index contributed by atoms with van der Waals surface area (Å²) in [6.07, 6.45) is 4.43. The van der Waals surface area contributed by atoms with Crippen LogP contribution in [0.25, 0.3) is 34.4 Å². The van der Waals surface area contributed by atoms with Gasteiger partial charge in [0.15, 0.2) is 0 Å². The number of nitro benzene ring substituents is 2. The molecule has 2 aliphatic heterocycles. The summed E-state index contributed by atoms with van der Waals surface area (Å²) in [7, 11) is 0. The number of piperazine rings is 2. The average molecular weight is 961 g/mol. The lowest BCUT2D eigenvalue weighted by atomic mass is 9.89. The summed E-state index contributed by atoms with van der Waals surface area (Å²) < 4.78 is 10.6. The molecular formula is C52H60N6O10S. The fourth-order valence-corrected chi connectivity index (χ4v) is 9.48. The zero-order chi connectivity index (χ0) is 50.1. The topological polar surface area (TPSA) is 186 Å². The number of nitro groups is 2. The van der Waals surface area contributed by atoms with Crippen LogP contribution in [0.3, 0.4) is 0 Å². The lowest BCUT2D eigenvalue weighted by Crippen LogP contribution is -2.50. The van der Waals surface area contributed by atoms with Crippen LogP contribution in [0.1, 0.15) is 89.5 Å². The van der Waals surface area contributed by atoms with Crippen molar-refractivity contribution >= 4 is 59.3 Å². The number of carbonyl (C=O) groups is 4. The Morgan fingerprint density at radius 3 is 1.17 bits per heavy atom. The summed E-state index contributed by atoms with van der Waals surface area (Å²) >= 11 is 0.901. The van der Waals surface area contributed by atoms with Crippen LogP contribution in [0.4, 0.5) is 21.0 Å². The summed E-state index contributed by atoms with van der Waals surface area (Å²) in [4.78, 5) is 84.7. The molecule has 69 heavy (non-hydrogen) atoms. The van der Waals surface area contributed by atoms with Crippen molar-refractivity contribution in [1.29, 1.82) is 0 Å². The zero-order valence-corrected chi connectivity index (χ0v) is 41.2. The van der Waals surface area contributed by atoms with Crippen LogP contribution in [0.5, 0.6) is 0 Å². The number of hydrogen-bond acceptors (Lipinski definition) is 11. The van der Waals surface area contributed by atoms with E-state index in [2.05, 4.69) is 0 Å². The normalized spacial score (nSPS) is 14.4. The molecule has 4 aromatic rings. The monoisotopic (exact) mass is 960 g/mol. The van der Waals surface area contributed by atoms with Gasteiger partial charge in [-0.2, -0.15) is 0 Å². The van der Waals surface area contributed by atoms with Crippen molar-refractivity contribution in [2.24, 2.45) is 0 Å². The number of amides is 4. The van der Waals surface area contributed by atoms with E-state index in [-0.39, 0.29) is 94.3 Å². The molecule has 2 fully saturated rings. The minimum Gasteiger partial charge on any atom is -0.447 e. The first kappa shape index (κ1) is 51.4. The van der Waals surface area contributed by atoms with Gasteiger partial charge in [0.1, 0.15) is 0 Å². The van der Waals surface area contributed by atoms with Crippen molar-refractivity contribution in [3.63, 3.8) is 0 Å². The second-order valence-electron chi connectivity index (χ2n) is 18.0. The lowest BCUT2D eigenvalue weighted by Gasteiger charge is -2.34. The molecular weight excluding hydrogens is 901 g/mol. The summed E-state index contributed by atoms with van der Waals surface area (Å²) in [5.74, 6) is -0.764. The van der Waals surface area contributed by atoms with Crippen molar-refractivity contribution in [1.82, 2.24) is 19.6 Å². The maximum Gasteiger partial charge on any atom is 0.410 e. The van der Waals surface area contributed by atoms with E-state index in [1.165, 1.54) is 12.2 Å². The molecule has 0 unspecified atom stereocenters. The molecule has 0 radical (unpaired) electrons. The van der Waals surface area contributed by atoms with Crippen molar-refractivity contribution in [3.8, 4) is 22.3 Å². The van der Waals surface area contributed by atoms with Gasteiger partial charge in [0, 0.05) is 64.5 Å². The molecule has 0 atom stereocenters. The van der Waals surface area contributed by atoms with E-state index in [4.69, 9.17) is 9.47 Å². The van der Waals surface area contributed by atoms with E-state index in [1.807, 2.05) is 52.0 Å². The molecule has 2 saturated heterocycles. The van der Waals surface area contributed by atoms with Crippen LogP contribution in [-0.4, -0.2) is 118 Å². The van der Waals surface area contributed by atoms with E-state index >= 15 is 0 Å². The predicted octanol–water partition coefficient (Wildman–Crippen LogP) is 10.6. The Morgan fingerprint density at radius 1 is 0.522 bits per heavy atom. The van der Waals surface area contributed by atoms with E-state index < -0.39 is 22.0 Å². The zero-order valence-electron chi connectivity index (χ0n) is 40.4. The highest BCUT2D eigenvalue weighted by atomic mass is 32.2. The molecule has 0 spiro atoms. The maximum absolute atomic E-state index is 13.6. The van der Waals surface area contributed by atoms with Gasteiger partial charge in [-0.25, -0.2) is 9.59 Å². The fourth-order valence-electron chi connectivity index (χ4n) is 8.43. The number of carbonyl (C=O) groups excluding carboxylic acids is 4. The van der Waals surface area contributed by atoms with Crippen LogP contribution in [0.15, 0.2) is 94.7 Å². The van der Waals surface area contributed by atoms with Gasteiger partial charge in [-0.15, -0.1) is 0 Å². The third-order valence-corrected chi connectivity index (χ3v) is 12.9. The number of nitrogens with zero attached hydrogens (tertiary/aromatic N) is 6. The lowest BCUT2D eigenvalue weighted by molar-refractivity contribution is -0.387. The molecule has 17 heteroatoms. The number of ether oxygens (including phenoxy) is 2. The van der Waals surface area contributed by atoms with Gasteiger partial charge in [-0.3, -0.25) is 29.8 Å². The van der Waals surface area contributed by atoms with Gasteiger partial charge >= 0.3 is 12.2 Å². The van der Waals surface area contributed by atoms with E-state index in [0.29, 0.717) is 48.4 Å². The highest BCUT2D eigenvalue weighted by Crippen LogP contribution is 2.50. The van der Waals surface area contributed by atoms with E-state index in [1.54, 1.807) is 108 Å². The summed E-state index contributed by atoms with van der Waals surface area (Å²) in [5, 5.41) is 27.0. The first-order valence-corrected chi connectivity index (χ1v) is 24.0. The fraction of sp³-hybridized carbons (Fsp3) is 0.385. The van der Waals surface area contributed by atoms with Gasteiger partial charge in [-0.05, 0) is 97.2 Å². The minimum absolute atomic E-state index is 0.0514. The molecule has 0 aliphatic carbocycles. The third-order valence-electron chi connectivity index (χ3n) is 11.8. The highest BCUT2D eigenvalue weighted by Gasteiger charge is 2.32. The smallest absolute Gasteiger partial charge is 0.410 e. The Labute approximate surface area is 407 Å². The van der Waals surface area contributed by atoms with Crippen LogP contribution < -0.4 is 0 Å². The standard InChI is InChI=1S/C52H60N6O10S/c1-33(2)39-13-9-11-15-41(39)47-37(19-23-45(59)53-25-29-55(30-26-53)51(61)67-35(5)6)17-21-43(49(47)57(63)64)69-44-22-18-38(48(50(44)58(65)66)42-16-12-10-14-40(42)34(3)4)20-24-46(60)54-27-31-56(32-28-54)52(62)68-36(7)8/h9-24,33-36H,25-32H2,1-8H3/b23-19+,24-20+. The molecule has 364 valence electrons. The van der Waals surface area contributed by atoms with Crippen LogP contribution >= 0.6 is 11.8 Å². The Hall–Kier alpha value is -7.01. The van der Waals surface area contributed by atoms with Crippen LogP contribution in [-0.2, 0) is 19.1 Å². The molecule has 2 aliphatic rings. The second-order valence-corrected chi connectivity index (χ2v) is 19.1. The molecule has 6 rings (SSSR count). The van der Waals surface area contributed by atoms with Crippen LogP contribution in [0, 0.1) is 20.2 Å². The maximum atomic E-state index is 13.6. The number of rotatable bonds is 14. The molecule has 0 saturated carbocycles. The Bertz CT molecular complexity index is 2470. The first-order chi connectivity index (χ1) is 32.9. The first-order valence-electron chi connectivity index (χ1n) is 23.2. The van der Waals surface area contributed by atoms with E-state index in [9.17, 15) is 39.4 Å². The Balaban J connectivity index is 1.42. The third kappa shape index (κ3) is 12.4. The van der Waals surface area contributed by atoms with Crippen molar-refractivity contribution in [2.75, 3.05) is 52.4 Å². The molecule has 0 N–H and O–H groups in total. The minimum atomic E-state index is -0.486. The molecule has 4 amide bonds. The van der Waals surface area contributed by atoms with Gasteiger partial charge in [0.05, 0.1) is 43.0 Å². The molecule has 2 heterocycles. The molecule has 0 aromatic heterocycles. The van der Waals surface area contributed by atoms with Crippen LogP contribution in [0.2, 0.25) is 0 Å². The number of benzene rings is 4. The van der Waals surface area contributed by atoms with Gasteiger partial charge in [0.25, 0.3) is 11.4 Å². The summed E-state index contributed by atoms with van der Waals surface area (Å²) in [6.45, 7) is 17.3. The molecule has 0 bridgehead atoms. The van der Waals surface area contributed by atoms with E-state index in [0.717, 1.165) is 22.9 Å². The second kappa shape index (κ2) is 22.9. The van der Waals surface area contributed by atoms with Gasteiger partial charge in [0.2, 0.25) is 11.8 Å². The SMILES string of the molecule is CC(C)OC(=O)N1CCN(C(=O)/C=C/c2ccc(Sc3ccc(/C=C/C(=O)N4CCN(C(=O)OC(C)C)CC4)c(-c4ccccc4C(C)C)c3[N+](=O)[O-])c([N+](=O)[O-])c2-c2ccccc2C(C)C)CC1. The highest BCUT2D eigenvalue weighted by molar-refractivity contribution is 7.99. The van der Waals surface area contributed by atoms with Crippen molar-refractivity contribution < 1.29 is 38.5 Å². The van der Waals surface area contributed by atoms with Crippen molar-refractivity contribution in [3.05, 3.63) is 127 Å². The predicted molar refractivity (Wildman–Crippen MR) is 267 cm³/mol. The van der Waals surface area contributed by atoms with Gasteiger partial charge in [-0.1, -0.05) is 100 Å². The Kier molecular flexibility index (Phi) is 17.0. The molecule has 16 nitrogen and oxygen atoms in total. The molecule has 4 aromatic carbocycles. The summed E-state index contributed by atoms with van der Waals surface area (Å²) in [5.41, 5.74) is 3.54. The van der Waals surface area contributed by atoms with Gasteiger partial charge < -0.3 is 29.1 Å². The quantitative estimate of drug-likeness (QED) is 0.0665. The van der Waals surface area contributed by atoms with Crippen molar-refractivity contribution in [2.45, 2.75) is 89.2 Å². The summed E-state index contributed by atoms with van der Waals surface area (Å²) in [6, 6.07) is 21.1. The average Bonchev–Trinajstić information content (AvgIpc) is 3.31. The largest absolute Gasteiger partial charge is 0.447 e.